The largest absolute Gasteiger partial charge is 0.497 e. The summed E-state index contributed by atoms with van der Waals surface area (Å²) < 4.78 is 10.5. The third-order valence-electron chi connectivity index (χ3n) is 5.56. The zero-order chi connectivity index (χ0) is 19.0. The van der Waals surface area contributed by atoms with Gasteiger partial charge < -0.3 is 19.7 Å². The lowest BCUT2D eigenvalue weighted by atomic mass is 9.81. The molecule has 1 spiro atoms. The molecule has 1 fully saturated rings. The maximum atomic E-state index is 12.8. The van der Waals surface area contributed by atoms with E-state index in [1.807, 2.05) is 42.5 Å². The number of ether oxygens (including phenoxy) is 2. The number of anilines is 1. The van der Waals surface area contributed by atoms with Crippen molar-refractivity contribution in [1.82, 2.24) is 4.90 Å². The van der Waals surface area contributed by atoms with E-state index in [0.29, 0.717) is 31.7 Å². The van der Waals surface area contributed by atoms with Gasteiger partial charge in [0.15, 0.2) is 0 Å². The van der Waals surface area contributed by atoms with Crippen molar-refractivity contribution in [2.45, 2.75) is 18.3 Å². The molecule has 27 heavy (non-hydrogen) atoms. The maximum absolute atomic E-state index is 12.8. The van der Waals surface area contributed by atoms with Gasteiger partial charge in [-0.25, -0.2) is 0 Å². The van der Waals surface area contributed by atoms with Gasteiger partial charge in [0.1, 0.15) is 11.5 Å². The summed E-state index contributed by atoms with van der Waals surface area (Å²) in [5.41, 5.74) is 1.98. The molecule has 0 aromatic heterocycles. The Bertz CT molecular complexity index is 894. The zero-order valence-electron chi connectivity index (χ0n) is 15.5. The first-order chi connectivity index (χ1) is 13.1. The first-order valence-corrected chi connectivity index (χ1v) is 8.96. The van der Waals surface area contributed by atoms with Crippen molar-refractivity contribution in [3.63, 3.8) is 0 Å². The number of hydrogen-bond acceptors (Lipinski definition) is 4. The Balaban J connectivity index is 1.53. The van der Waals surface area contributed by atoms with Crippen molar-refractivity contribution in [1.29, 1.82) is 0 Å². The van der Waals surface area contributed by atoms with E-state index in [4.69, 9.17) is 9.47 Å². The summed E-state index contributed by atoms with van der Waals surface area (Å²) in [5.74, 6) is 1.47. The zero-order valence-corrected chi connectivity index (χ0v) is 15.5. The van der Waals surface area contributed by atoms with Crippen LogP contribution in [-0.2, 0) is 21.4 Å². The van der Waals surface area contributed by atoms with E-state index in [-0.39, 0.29) is 11.8 Å². The van der Waals surface area contributed by atoms with Gasteiger partial charge in [-0.3, -0.25) is 9.59 Å². The van der Waals surface area contributed by atoms with Crippen molar-refractivity contribution in [2.75, 3.05) is 32.6 Å². The number of hydrogen-bond donors (Lipinski definition) is 1. The van der Waals surface area contributed by atoms with Crippen LogP contribution in [0.15, 0.2) is 42.5 Å². The smallest absolute Gasteiger partial charge is 0.237 e. The van der Waals surface area contributed by atoms with E-state index < -0.39 is 5.41 Å². The molecule has 0 saturated carbocycles. The summed E-state index contributed by atoms with van der Waals surface area (Å²) in [6.07, 6.45) is 0.931. The highest BCUT2D eigenvalue weighted by atomic mass is 16.5. The number of nitrogens with one attached hydrogen (secondary N) is 1. The molecule has 2 aliphatic rings. The van der Waals surface area contributed by atoms with Gasteiger partial charge in [0.2, 0.25) is 11.8 Å². The van der Waals surface area contributed by atoms with Crippen LogP contribution in [0.4, 0.5) is 5.69 Å². The lowest BCUT2D eigenvalue weighted by Crippen LogP contribution is -2.39. The molecular formula is C21H22N2O4. The van der Waals surface area contributed by atoms with E-state index in [9.17, 15) is 9.59 Å². The molecule has 4 rings (SSSR count). The van der Waals surface area contributed by atoms with Crippen molar-refractivity contribution >= 4 is 17.5 Å². The van der Waals surface area contributed by atoms with Gasteiger partial charge in [0.25, 0.3) is 0 Å². The molecule has 140 valence electrons. The highest BCUT2D eigenvalue weighted by molar-refractivity contribution is 6.07. The predicted molar refractivity (Wildman–Crippen MR) is 101 cm³/mol. The topological polar surface area (TPSA) is 67.9 Å². The fourth-order valence-electron chi connectivity index (χ4n) is 3.98. The Hall–Kier alpha value is -3.02. The van der Waals surface area contributed by atoms with Crippen molar-refractivity contribution in [2.24, 2.45) is 0 Å². The fraction of sp³-hybridized carbons (Fsp3) is 0.333. The van der Waals surface area contributed by atoms with E-state index >= 15 is 0 Å². The van der Waals surface area contributed by atoms with Gasteiger partial charge in [0, 0.05) is 18.8 Å². The van der Waals surface area contributed by atoms with Gasteiger partial charge in [-0.1, -0.05) is 12.1 Å². The maximum Gasteiger partial charge on any atom is 0.237 e. The van der Waals surface area contributed by atoms with E-state index in [2.05, 4.69) is 5.32 Å². The van der Waals surface area contributed by atoms with Crippen LogP contribution >= 0.6 is 0 Å². The molecule has 0 bridgehead atoms. The molecule has 2 aromatic rings. The number of carbonyl (C=O) groups is 2. The molecule has 0 aliphatic carbocycles. The Kier molecular flexibility index (Phi) is 4.26. The second-order valence-corrected chi connectivity index (χ2v) is 7.04. The first-order valence-electron chi connectivity index (χ1n) is 8.96. The second kappa shape index (κ2) is 6.61. The standard InChI is InChI=1S/C21H22N2O4/c1-26-15-5-3-14(4-6-15)11-19(24)23-10-9-21(13-23)17-12-16(27-2)7-8-18(17)22-20(21)25/h3-8,12H,9-11,13H2,1-2H3,(H,22,25). The summed E-state index contributed by atoms with van der Waals surface area (Å²) in [6, 6.07) is 13.1. The van der Waals surface area contributed by atoms with Crippen LogP contribution < -0.4 is 14.8 Å². The number of methoxy groups -OCH3 is 2. The Morgan fingerprint density at radius 3 is 2.52 bits per heavy atom. The summed E-state index contributed by atoms with van der Waals surface area (Å²) in [4.78, 5) is 27.3. The number of benzene rings is 2. The number of carbonyl (C=O) groups excluding carboxylic acids is 2. The lowest BCUT2D eigenvalue weighted by molar-refractivity contribution is -0.129. The van der Waals surface area contributed by atoms with Crippen LogP contribution in [0.25, 0.3) is 0 Å². The first kappa shape index (κ1) is 17.4. The number of fused-ring (bicyclic) bond motifs is 2. The van der Waals surface area contributed by atoms with Crippen LogP contribution in [0.1, 0.15) is 17.5 Å². The van der Waals surface area contributed by atoms with Crippen LogP contribution in [0.2, 0.25) is 0 Å². The minimum atomic E-state index is -0.681. The second-order valence-electron chi connectivity index (χ2n) is 7.04. The van der Waals surface area contributed by atoms with Gasteiger partial charge in [0.05, 0.1) is 26.1 Å². The average Bonchev–Trinajstić information content (AvgIpc) is 3.26. The van der Waals surface area contributed by atoms with Crippen LogP contribution in [0, 0.1) is 0 Å². The van der Waals surface area contributed by atoms with Crippen LogP contribution in [0.3, 0.4) is 0 Å². The van der Waals surface area contributed by atoms with E-state index in [1.165, 1.54) is 0 Å². The van der Waals surface area contributed by atoms with Gasteiger partial charge in [-0.2, -0.15) is 0 Å². The number of amides is 2. The van der Waals surface area contributed by atoms with Crippen molar-refractivity contribution in [3.8, 4) is 11.5 Å². The third-order valence-corrected chi connectivity index (χ3v) is 5.56. The summed E-state index contributed by atoms with van der Waals surface area (Å²) in [7, 11) is 3.22. The van der Waals surface area contributed by atoms with Gasteiger partial charge in [-0.15, -0.1) is 0 Å². The third kappa shape index (κ3) is 2.91. The summed E-state index contributed by atoms with van der Waals surface area (Å²) in [6.45, 7) is 0.965. The van der Waals surface area contributed by atoms with Gasteiger partial charge >= 0.3 is 0 Å². The molecule has 2 amide bonds. The molecule has 0 radical (unpaired) electrons. The van der Waals surface area contributed by atoms with Crippen molar-refractivity contribution in [3.05, 3.63) is 53.6 Å². The monoisotopic (exact) mass is 366 g/mol. The molecule has 2 aromatic carbocycles. The summed E-state index contributed by atoms with van der Waals surface area (Å²) >= 11 is 0. The number of likely N-dealkylation sites (tertiary alicyclic amines) is 1. The molecule has 1 unspecified atom stereocenters. The lowest BCUT2D eigenvalue weighted by Gasteiger charge is -2.23. The molecule has 1 N–H and O–H groups in total. The quantitative estimate of drug-likeness (QED) is 0.902. The molecule has 1 atom stereocenters. The SMILES string of the molecule is COc1ccc(CC(=O)N2CCC3(C2)C(=O)Nc2ccc(OC)cc23)cc1. The number of rotatable bonds is 4. The molecule has 2 aliphatic heterocycles. The number of nitrogens with zero attached hydrogens (tertiary/aromatic N) is 1. The molecule has 1 saturated heterocycles. The molecule has 2 heterocycles. The highest BCUT2D eigenvalue weighted by Gasteiger charge is 2.52. The molecule has 6 heteroatoms. The highest BCUT2D eigenvalue weighted by Crippen LogP contribution is 2.45. The normalized spacial score (nSPS) is 20.5. The van der Waals surface area contributed by atoms with Crippen molar-refractivity contribution < 1.29 is 19.1 Å². The van der Waals surface area contributed by atoms with Crippen LogP contribution in [0.5, 0.6) is 11.5 Å². The fourth-order valence-corrected chi connectivity index (χ4v) is 3.98. The Morgan fingerprint density at radius 2 is 1.81 bits per heavy atom. The van der Waals surface area contributed by atoms with E-state index in [1.54, 1.807) is 19.1 Å². The van der Waals surface area contributed by atoms with E-state index in [0.717, 1.165) is 22.6 Å². The Labute approximate surface area is 158 Å². The molecule has 6 nitrogen and oxygen atoms in total. The average molecular weight is 366 g/mol. The molecular weight excluding hydrogens is 344 g/mol. The van der Waals surface area contributed by atoms with Crippen LogP contribution in [-0.4, -0.2) is 44.0 Å². The minimum absolute atomic E-state index is 0.0289. The predicted octanol–water partition coefficient (Wildman–Crippen LogP) is 2.37. The van der Waals surface area contributed by atoms with Gasteiger partial charge in [-0.05, 0) is 47.9 Å². The summed E-state index contributed by atoms with van der Waals surface area (Å²) in [5, 5.41) is 2.96. The Morgan fingerprint density at radius 1 is 1.11 bits per heavy atom. The minimum Gasteiger partial charge on any atom is -0.497 e.